The molecule has 1 unspecified atom stereocenters. The molecule has 0 aromatic heterocycles. The lowest BCUT2D eigenvalue weighted by Gasteiger charge is -2.29. The average molecular weight is 585 g/mol. The van der Waals surface area contributed by atoms with Crippen molar-refractivity contribution in [3.05, 3.63) is 80.4 Å². The van der Waals surface area contributed by atoms with Gasteiger partial charge in [-0.1, -0.05) is 53.2 Å². The molecular formula is C28H30BrN3O4S. The molecule has 2 aromatic rings. The summed E-state index contributed by atoms with van der Waals surface area (Å²) in [6, 6.07) is 17.0. The largest absolute Gasteiger partial charge is 0.494 e. The van der Waals surface area contributed by atoms with Crippen LogP contribution in [0.3, 0.4) is 0 Å². The van der Waals surface area contributed by atoms with E-state index in [2.05, 4.69) is 39.6 Å². The molecule has 1 atom stereocenters. The number of halogens is 1. The van der Waals surface area contributed by atoms with Gasteiger partial charge in [0.2, 0.25) is 5.91 Å². The normalized spacial score (nSPS) is 15.1. The summed E-state index contributed by atoms with van der Waals surface area (Å²) < 4.78 is 12.0. The minimum Gasteiger partial charge on any atom is -0.494 e. The van der Waals surface area contributed by atoms with E-state index in [1.807, 2.05) is 36.4 Å². The van der Waals surface area contributed by atoms with Crippen LogP contribution >= 0.6 is 27.7 Å². The second-order valence-corrected chi connectivity index (χ2v) is 10.2. The summed E-state index contributed by atoms with van der Waals surface area (Å²) in [5, 5.41) is 16.7. The predicted octanol–water partition coefficient (Wildman–Crippen LogP) is 6.26. The van der Waals surface area contributed by atoms with Gasteiger partial charge in [-0.3, -0.25) is 4.79 Å². The lowest BCUT2D eigenvalue weighted by molar-refractivity contribution is -0.138. The number of rotatable bonds is 11. The van der Waals surface area contributed by atoms with Crippen molar-refractivity contribution in [2.24, 2.45) is 0 Å². The van der Waals surface area contributed by atoms with Crippen molar-refractivity contribution >= 4 is 45.3 Å². The van der Waals surface area contributed by atoms with E-state index in [9.17, 15) is 14.9 Å². The third kappa shape index (κ3) is 7.63. The maximum Gasteiger partial charge on any atom is 0.336 e. The third-order valence-electron chi connectivity index (χ3n) is 5.60. The minimum absolute atomic E-state index is 0.0858. The Kier molecular flexibility index (Phi) is 10.7. The highest BCUT2D eigenvalue weighted by molar-refractivity contribution is 9.10. The van der Waals surface area contributed by atoms with Gasteiger partial charge in [0.15, 0.2) is 0 Å². The number of amides is 1. The first-order chi connectivity index (χ1) is 17.9. The summed E-state index contributed by atoms with van der Waals surface area (Å²) in [5.41, 5.74) is 2.76. The summed E-state index contributed by atoms with van der Waals surface area (Å²) in [6.07, 6.45) is 2.00. The molecule has 0 spiro atoms. The first kappa shape index (κ1) is 28.4. The van der Waals surface area contributed by atoms with Gasteiger partial charge in [0.1, 0.15) is 5.75 Å². The number of carbonyl (C=O) groups is 2. The van der Waals surface area contributed by atoms with E-state index in [-0.39, 0.29) is 18.3 Å². The number of ether oxygens (including phenoxy) is 2. The molecule has 0 bridgehead atoms. The van der Waals surface area contributed by atoms with Crippen LogP contribution in [0.1, 0.15) is 45.1 Å². The highest BCUT2D eigenvalue weighted by atomic mass is 79.9. The van der Waals surface area contributed by atoms with Gasteiger partial charge in [0.25, 0.3) is 0 Å². The minimum atomic E-state index is -0.632. The van der Waals surface area contributed by atoms with Crippen LogP contribution in [0.5, 0.6) is 5.75 Å². The standard InChI is InChI=1S/C28H30BrN3O4S/c1-4-6-15-36-22-13-7-19(8-14-22)26-23(16-30)27(31-18(3)25(26)28(34)35-5-2)37-17-24(33)32-21-11-9-20(29)10-12-21/h7-14,26,31H,4-6,15,17H2,1-3H3,(H,32,33). The number of esters is 1. The second kappa shape index (κ2) is 13.9. The zero-order valence-corrected chi connectivity index (χ0v) is 23.5. The van der Waals surface area contributed by atoms with Crippen LogP contribution in [0.4, 0.5) is 5.69 Å². The van der Waals surface area contributed by atoms with E-state index in [4.69, 9.17) is 9.47 Å². The molecule has 0 saturated carbocycles. The molecule has 0 radical (unpaired) electrons. The van der Waals surface area contributed by atoms with Crippen LogP contribution in [-0.4, -0.2) is 30.8 Å². The first-order valence-electron chi connectivity index (χ1n) is 12.1. The van der Waals surface area contributed by atoms with Crippen LogP contribution in [0, 0.1) is 11.3 Å². The van der Waals surface area contributed by atoms with Crippen LogP contribution in [0.2, 0.25) is 0 Å². The van der Waals surface area contributed by atoms with Crippen molar-refractivity contribution in [3.63, 3.8) is 0 Å². The quantitative estimate of drug-likeness (QED) is 0.238. The Morgan fingerprint density at radius 3 is 2.46 bits per heavy atom. The van der Waals surface area contributed by atoms with E-state index in [1.54, 1.807) is 26.0 Å². The van der Waals surface area contributed by atoms with Crippen LogP contribution in [0.15, 0.2) is 74.9 Å². The Labute approximate surface area is 230 Å². The predicted molar refractivity (Wildman–Crippen MR) is 150 cm³/mol. The smallest absolute Gasteiger partial charge is 0.336 e. The molecule has 1 amide bonds. The highest BCUT2D eigenvalue weighted by Gasteiger charge is 2.35. The van der Waals surface area contributed by atoms with Gasteiger partial charge in [0, 0.05) is 15.9 Å². The first-order valence-corrected chi connectivity index (χ1v) is 13.9. The maximum absolute atomic E-state index is 12.9. The molecule has 0 fully saturated rings. The van der Waals surface area contributed by atoms with E-state index in [0.717, 1.165) is 28.6 Å². The number of unbranched alkanes of at least 4 members (excludes halogenated alkanes) is 1. The van der Waals surface area contributed by atoms with E-state index < -0.39 is 11.9 Å². The lowest BCUT2D eigenvalue weighted by atomic mass is 9.82. The molecule has 7 nitrogen and oxygen atoms in total. The SMILES string of the molecule is CCCCOc1ccc(C2C(C#N)=C(SCC(=O)Nc3ccc(Br)cc3)NC(C)=C2C(=O)OCC)cc1. The average Bonchev–Trinajstić information content (AvgIpc) is 2.89. The van der Waals surface area contributed by atoms with Gasteiger partial charge in [-0.2, -0.15) is 5.26 Å². The van der Waals surface area contributed by atoms with Gasteiger partial charge >= 0.3 is 5.97 Å². The number of hydrogen-bond acceptors (Lipinski definition) is 7. The molecule has 3 rings (SSSR count). The highest BCUT2D eigenvalue weighted by Crippen LogP contribution is 2.41. The molecule has 37 heavy (non-hydrogen) atoms. The zero-order chi connectivity index (χ0) is 26.8. The molecule has 194 valence electrons. The second-order valence-electron chi connectivity index (χ2n) is 8.29. The number of nitriles is 1. The van der Waals surface area contributed by atoms with Crippen molar-refractivity contribution in [3.8, 4) is 11.8 Å². The Bertz CT molecular complexity index is 1220. The van der Waals surface area contributed by atoms with Crippen molar-refractivity contribution in [1.82, 2.24) is 5.32 Å². The fourth-order valence-corrected chi connectivity index (χ4v) is 4.95. The van der Waals surface area contributed by atoms with Gasteiger partial charge in [-0.15, -0.1) is 0 Å². The topological polar surface area (TPSA) is 100 Å². The van der Waals surface area contributed by atoms with Crippen LogP contribution in [0.25, 0.3) is 0 Å². The number of dihydropyridines is 1. The van der Waals surface area contributed by atoms with Gasteiger partial charge in [-0.25, -0.2) is 4.79 Å². The van der Waals surface area contributed by atoms with Crippen molar-refractivity contribution in [2.75, 3.05) is 24.3 Å². The summed E-state index contributed by atoms with van der Waals surface area (Å²) >= 11 is 4.60. The zero-order valence-electron chi connectivity index (χ0n) is 21.1. The van der Waals surface area contributed by atoms with E-state index in [0.29, 0.717) is 34.2 Å². The van der Waals surface area contributed by atoms with Gasteiger partial charge in [-0.05, 0) is 62.2 Å². The summed E-state index contributed by atoms with van der Waals surface area (Å²) in [5.74, 6) is -0.506. The molecule has 0 aliphatic carbocycles. The number of carbonyl (C=O) groups excluding carboxylic acids is 2. The Morgan fingerprint density at radius 2 is 1.84 bits per heavy atom. The summed E-state index contributed by atoms with van der Waals surface area (Å²) in [6.45, 7) is 6.47. The number of benzene rings is 2. The van der Waals surface area contributed by atoms with Crippen LogP contribution in [-0.2, 0) is 14.3 Å². The van der Waals surface area contributed by atoms with E-state index in [1.165, 1.54) is 11.8 Å². The van der Waals surface area contributed by atoms with Crippen LogP contribution < -0.4 is 15.4 Å². The van der Waals surface area contributed by atoms with E-state index >= 15 is 0 Å². The number of nitrogens with zero attached hydrogens (tertiary/aromatic N) is 1. The lowest BCUT2D eigenvalue weighted by Crippen LogP contribution is -2.29. The summed E-state index contributed by atoms with van der Waals surface area (Å²) in [4.78, 5) is 25.5. The van der Waals surface area contributed by atoms with Gasteiger partial charge in [0.05, 0.1) is 47.1 Å². The molecule has 1 aliphatic heterocycles. The monoisotopic (exact) mass is 583 g/mol. The molecule has 1 aliphatic rings. The summed E-state index contributed by atoms with van der Waals surface area (Å²) in [7, 11) is 0. The molecule has 2 N–H and O–H groups in total. The molecule has 2 aromatic carbocycles. The fourth-order valence-electron chi connectivity index (χ4n) is 3.80. The fraction of sp³-hybridized carbons (Fsp3) is 0.321. The molecule has 1 heterocycles. The maximum atomic E-state index is 12.9. The third-order valence-corrected chi connectivity index (χ3v) is 7.14. The number of anilines is 1. The Hall–Kier alpha value is -3.22. The van der Waals surface area contributed by atoms with Crippen molar-refractivity contribution in [2.45, 2.75) is 39.5 Å². The number of allylic oxidation sites excluding steroid dienone is 2. The molecular weight excluding hydrogens is 554 g/mol. The number of hydrogen-bond donors (Lipinski definition) is 2. The van der Waals surface area contributed by atoms with Crippen molar-refractivity contribution < 1.29 is 19.1 Å². The Balaban J connectivity index is 1.86. The number of nitrogens with one attached hydrogen (secondary N) is 2. The number of thioether (sulfide) groups is 1. The van der Waals surface area contributed by atoms with Crippen molar-refractivity contribution in [1.29, 1.82) is 5.26 Å². The Morgan fingerprint density at radius 1 is 1.14 bits per heavy atom. The molecule has 9 heteroatoms. The van der Waals surface area contributed by atoms with Gasteiger partial charge < -0.3 is 20.1 Å². The molecule has 0 saturated heterocycles.